The van der Waals surface area contributed by atoms with E-state index in [1.165, 1.54) is 0 Å². The number of amides is 1. The van der Waals surface area contributed by atoms with Gasteiger partial charge < -0.3 is 15.5 Å². The number of aromatic nitrogens is 1. The molecule has 1 amide bonds. The van der Waals surface area contributed by atoms with Gasteiger partial charge in [0, 0.05) is 24.6 Å². The molecule has 23 heavy (non-hydrogen) atoms. The van der Waals surface area contributed by atoms with Crippen LogP contribution in [0.25, 0.3) is 10.8 Å². The Labute approximate surface area is 133 Å². The number of fused-ring (bicyclic) bond motifs is 1. The molecule has 1 unspecified atom stereocenters. The van der Waals surface area contributed by atoms with Crippen LogP contribution in [0.15, 0.2) is 36.5 Å². The van der Waals surface area contributed by atoms with Crippen molar-refractivity contribution < 1.29 is 19.8 Å². The number of hydrogen-bond donors (Lipinski definition) is 3. The molecule has 2 aromatic rings. The third-order valence-electron chi connectivity index (χ3n) is 4.33. The van der Waals surface area contributed by atoms with E-state index in [1.54, 1.807) is 6.20 Å². The second-order valence-corrected chi connectivity index (χ2v) is 5.84. The van der Waals surface area contributed by atoms with Crippen LogP contribution in [0.2, 0.25) is 0 Å². The molecule has 1 aliphatic rings. The van der Waals surface area contributed by atoms with E-state index in [0.29, 0.717) is 18.5 Å². The number of carbonyl (C=O) groups is 2. The Kier molecular flexibility index (Phi) is 4.00. The Bertz CT molecular complexity index is 750. The van der Waals surface area contributed by atoms with E-state index < -0.39 is 17.4 Å². The van der Waals surface area contributed by atoms with Crippen LogP contribution in [0.1, 0.15) is 25.0 Å². The number of pyridine rings is 1. The van der Waals surface area contributed by atoms with E-state index in [2.05, 4.69) is 10.3 Å². The number of nitrogens with one attached hydrogen (secondary N) is 1. The second kappa shape index (κ2) is 5.96. The summed E-state index contributed by atoms with van der Waals surface area (Å²) in [6.07, 6.45) is 2.95. The molecule has 1 atom stereocenters. The van der Waals surface area contributed by atoms with Gasteiger partial charge in [-0.2, -0.15) is 0 Å². The molecule has 3 rings (SSSR count). The summed E-state index contributed by atoms with van der Waals surface area (Å²) < 4.78 is 0. The summed E-state index contributed by atoms with van der Waals surface area (Å²) in [5, 5.41) is 22.5. The zero-order chi connectivity index (χ0) is 16.4. The first-order chi connectivity index (χ1) is 11.1. The van der Waals surface area contributed by atoms with E-state index in [4.69, 9.17) is 10.2 Å². The van der Waals surface area contributed by atoms with Gasteiger partial charge in [0.2, 0.25) is 5.91 Å². The molecular formula is C17H18N2O4. The molecule has 1 fully saturated rings. The maximum Gasteiger partial charge on any atom is 0.326 e. The third kappa shape index (κ3) is 2.77. The highest BCUT2D eigenvalue weighted by Crippen LogP contribution is 2.49. The Balaban J connectivity index is 1.92. The van der Waals surface area contributed by atoms with Crippen molar-refractivity contribution >= 4 is 22.6 Å². The third-order valence-corrected chi connectivity index (χ3v) is 4.33. The predicted molar refractivity (Wildman–Crippen MR) is 83.9 cm³/mol. The monoisotopic (exact) mass is 314 g/mol. The van der Waals surface area contributed by atoms with Crippen LogP contribution in [0.3, 0.4) is 0 Å². The van der Waals surface area contributed by atoms with Crippen LogP contribution in [0.4, 0.5) is 0 Å². The molecule has 1 saturated carbocycles. The SMILES string of the molecule is O=C(O)C(CCO)NC(=O)C1(c2nccc3ccccc23)CC1. The Morgan fingerprint density at radius 1 is 1.26 bits per heavy atom. The second-order valence-electron chi connectivity index (χ2n) is 5.84. The molecule has 120 valence electrons. The molecule has 0 radical (unpaired) electrons. The maximum atomic E-state index is 12.7. The maximum absolute atomic E-state index is 12.7. The quantitative estimate of drug-likeness (QED) is 0.744. The molecule has 1 aromatic heterocycles. The van der Waals surface area contributed by atoms with Crippen molar-refractivity contribution in [3.8, 4) is 0 Å². The largest absolute Gasteiger partial charge is 0.480 e. The van der Waals surface area contributed by atoms with Crippen LogP contribution in [0, 0.1) is 0 Å². The number of aliphatic hydroxyl groups excluding tert-OH is 1. The van der Waals surface area contributed by atoms with Crippen LogP contribution < -0.4 is 5.32 Å². The molecule has 0 bridgehead atoms. The number of carboxylic acids is 1. The molecule has 6 heteroatoms. The molecule has 1 aliphatic carbocycles. The number of hydrogen-bond acceptors (Lipinski definition) is 4. The summed E-state index contributed by atoms with van der Waals surface area (Å²) in [5.74, 6) is -1.48. The number of carbonyl (C=O) groups excluding carboxylic acids is 1. The lowest BCUT2D eigenvalue weighted by atomic mass is 9.95. The highest BCUT2D eigenvalue weighted by molar-refractivity contribution is 5.98. The van der Waals surface area contributed by atoms with Crippen molar-refractivity contribution in [2.75, 3.05) is 6.61 Å². The minimum Gasteiger partial charge on any atom is -0.480 e. The summed E-state index contributed by atoms with van der Waals surface area (Å²) in [7, 11) is 0. The normalized spacial score (nSPS) is 16.7. The first-order valence-corrected chi connectivity index (χ1v) is 7.57. The van der Waals surface area contributed by atoms with Gasteiger partial charge in [0.25, 0.3) is 0 Å². The first kappa shape index (κ1) is 15.4. The van der Waals surface area contributed by atoms with E-state index in [1.807, 2.05) is 30.3 Å². The summed E-state index contributed by atoms with van der Waals surface area (Å²) in [4.78, 5) is 28.2. The number of aliphatic hydroxyl groups is 1. The fourth-order valence-electron chi connectivity index (χ4n) is 2.88. The smallest absolute Gasteiger partial charge is 0.326 e. The van der Waals surface area contributed by atoms with Gasteiger partial charge >= 0.3 is 5.97 Å². The summed E-state index contributed by atoms with van der Waals surface area (Å²) in [5.41, 5.74) is -0.0643. The lowest BCUT2D eigenvalue weighted by Gasteiger charge is -2.20. The standard InChI is InChI=1S/C17H18N2O4/c20-10-6-13(15(21)22)19-16(23)17(7-8-17)14-12-4-2-1-3-11(12)5-9-18-14/h1-5,9,13,20H,6-8,10H2,(H,19,23)(H,21,22). The first-order valence-electron chi connectivity index (χ1n) is 7.57. The van der Waals surface area contributed by atoms with Crippen LogP contribution >= 0.6 is 0 Å². The number of aliphatic carboxylic acids is 1. The molecular weight excluding hydrogens is 296 g/mol. The zero-order valence-electron chi connectivity index (χ0n) is 12.5. The fourth-order valence-corrected chi connectivity index (χ4v) is 2.88. The van der Waals surface area contributed by atoms with E-state index >= 15 is 0 Å². The van der Waals surface area contributed by atoms with Gasteiger partial charge in [-0.05, 0) is 24.3 Å². The number of benzene rings is 1. The topological polar surface area (TPSA) is 99.5 Å². The van der Waals surface area contributed by atoms with E-state index in [9.17, 15) is 9.59 Å². The van der Waals surface area contributed by atoms with Gasteiger partial charge in [-0.1, -0.05) is 24.3 Å². The lowest BCUT2D eigenvalue weighted by molar-refractivity contribution is -0.142. The zero-order valence-corrected chi connectivity index (χ0v) is 12.5. The van der Waals surface area contributed by atoms with Gasteiger partial charge in [-0.15, -0.1) is 0 Å². The Morgan fingerprint density at radius 3 is 2.65 bits per heavy atom. The Hall–Kier alpha value is -2.47. The molecule has 0 saturated heterocycles. The highest BCUT2D eigenvalue weighted by atomic mass is 16.4. The number of nitrogens with zero attached hydrogens (tertiary/aromatic N) is 1. The van der Waals surface area contributed by atoms with Crippen molar-refractivity contribution in [2.45, 2.75) is 30.7 Å². The summed E-state index contributed by atoms with van der Waals surface area (Å²) in [6, 6.07) is 8.51. The fraction of sp³-hybridized carbons (Fsp3) is 0.353. The lowest BCUT2D eigenvalue weighted by Crippen LogP contribution is -2.46. The minimum atomic E-state index is -1.14. The van der Waals surface area contributed by atoms with E-state index in [0.717, 1.165) is 10.8 Å². The summed E-state index contributed by atoms with van der Waals surface area (Å²) >= 11 is 0. The van der Waals surface area contributed by atoms with Crippen molar-refractivity contribution in [2.24, 2.45) is 0 Å². The number of rotatable bonds is 6. The molecule has 0 spiro atoms. The van der Waals surface area contributed by atoms with Gasteiger partial charge in [-0.3, -0.25) is 9.78 Å². The molecule has 6 nitrogen and oxygen atoms in total. The van der Waals surface area contributed by atoms with Crippen LogP contribution in [-0.2, 0) is 15.0 Å². The van der Waals surface area contributed by atoms with Gasteiger partial charge in [0.05, 0.1) is 11.1 Å². The Morgan fingerprint density at radius 2 is 2.00 bits per heavy atom. The van der Waals surface area contributed by atoms with Gasteiger partial charge in [-0.25, -0.2) is 4.79 Å². The van der Waals surface area contributed by atoms with Gasteiger partial charge in [0.1, 0.15) is 6.04 Å². The van der Waals surface area contributed by atoms with Crippen molar-refractivity contribution in [1.82, 2.24) is 10.3 Å². The highest BCUT2D eigenvalue weighted by Gasteiger charge is 2.54. The predicted octanol–water partition coefficient (Wildman–Crippen LogP) is 1.22. The number of carboxylic acid groups (broad SMARTS) is 1. The molecule has 0 aliphatic heterocycles. The van der Waals surface area contributed by atoms with E-state index in [-0.39, 0.29) is 18.9 Å². The van der Waals surface area contributed by atoms with Crippen molar-refractivity contribution in [1.29, 1.82) is 0 Å². The van der Waals surface area contributed by atoms with Crippen LogP contribution in [0.5, 0.6) is 0 Å². The average molecular weight is 314 g/mol. The molecule has 1 aromatic carbocycles. The van der Waals surface area contributed by atoms with Crippen molar-refractivity contribution in [3.05, 3.63) is 42.2 Å². The average Bonchev–Trinajstić information content (AvgIpc) is 3.35. The summed E-state index contributed by atoms with van der Waals surface area (Å²) in [6.45, 7) is -0.295. The molecule has 3 N–H and O–H groups in total. The molecule has 1 heterocycles. The van der Waals surface area contributed by atoms with Crippen LogP contribution in [-0.4, -0.2) is 39.7 Å². The minimum absolute atomic E-state index is 0.0138. The van der Waals surface area contributed by atoms with Crippen molar-refractivity contribution in [3.63, 3.8) is 0 Å². The van der Waals surface area contributed by atoms with Gasteiger partial charge in [0.15, 0.2) is 0 Å².